The highest BCUT2D eigenvalue weighted by molar-refractivity contribution is 5.96. The standard InChI is InChI=1S/C17H25NO5/c1-10-12-5-6-14(20)11(2)16(12)23-17(22)13(10)9-15(21)18-7-3-4-8-19/h8,11-12,14,16,20H,3-7,9H2,1-2H3,(H,18,21). The first-order valence-corrected chi connectivity index (χ1v) is 8.24. The molecule has 0 saturated heterocycles. The van der Waals surface area contributed by atoms with Gasteiger partial charge in [0.05, 0.1) is 12.5 Å². The van der Waals surface area contributed by atoms with Crippen molar-refractivity contribution in [3.8, 4) is 0 Å². The summed E-state index contributed by atoms with van der Waals surface area (Å²) in [6.45, 7) is 4.21. The van der Waals surface area contributed by atoms with Crippen molar-refractivity contribution in [2.75, 3.05) is 6.54 Å². The second kappa shape index (κ2) is 7.73. The van der Waals surface area contributed by atoms with Gasteiger partial charge in [-0.2, -0.15) is 0 Å². The van der Waals surface area contributed by atoms with Crippen LogP contribution in [0.3, 0.4) is 0 Å². The summed E-state index contributed by atoms with van der Waals surface area (Å²) in [7, 11) is 0. The number of aliphatic hydroxyl groups excluding tert-OH is 1. The SMILES string of the molecule is CC1=C(CC(=O)NCCCC=O)C(=O)OC2C1CCC(O)C2C. The smallest absolute Gasteiger partial charge is 0.334 e. The van der Waals surface area contributed by atoms with E-state index >= 15 is 0 Å². The van der Waals surface area contributed by atoms with E-state index in [9.17, 15) is 19.5 Å². The molecule has 1 heterocycles. The van der Waals surface area contributed by atoms with Gasteiger partial charge in [0.1, 0.15) is 12.4 Å². The van der Waals surface area contributed by atoms with Crippen LogP contribution in [0.1, 0.15) is 46.0 Å². The zero-order valence-electron chi connectivity index (χ0n) is 13.7. The van der Waals surface area contributed by atoms with E-state index in [-0.39, 0.29) is 30.3 Å². The molecule has 4 atom stereocenters. The van der Waals surface area contributed by atoms with Crippen LogP contribution >= 0.6 is 0 Å². The minimum absolute atomic E-state index is 0.00586. The number of ether oxygens (including phenoxy) is 1. The molecule has 1 saturated carbocycles. The molecule has 2 N–H and O–H groups in total. The van der Waals surface area contributed by atoms with Crippen molar-refractivity contribution in [1.82, 2.24) is 5.32 Å². The van der Waals surface area contributed by atoms with Gasteiger partial charge >= 0.3 is 5.97 Å². The van der Waals surface area contributed by atoms with Gasteiger partial charge in [-0.1, -0.05) is 12.5 Å². The molecule has 23 heavy (non-hydrogen) atoms. The normalized spacial score (nSPS) is 30.5. The molecule has 1 aliphatic heterocycles. The minimum atomic E-state index is -0.451. The van der Waals surface area contributed by atoms with Crippen LogP contribution in [0, 0.1) is 11.8 Å². The van der Waals surface area contributed by atoms with Gasteiger partial charge in [-0.3, -0.25) is 4.79 Å². The maximum atomic E-state index is 12.2. The van der Waals surface area contributed by atoms with Crippen molar-refractivity contribution in [2.45, 2.75) is 58.2 Å². The quantitative estimate of drug-likeness (QED) is 0.434. The summed E-state index contributed by atoms with van der Waals surface area (Å²) in [5.74, 6) is -0.687. The molecule has 0 spiro atoms. The van der Waals surface area contributed by atoms with Crippen LogP contribution < -0.4 is 5.32 Å². The van der Waals surface area contributed by atoms with Gasteiger partial charge in [-0.05, 0) is 26.2 Å². The third-order valence-corrected chi connectivity index (χ3v) is 4.98. The van der Waals surface area contributed by atoms with E-state index in [0.717, 1.165) is 18.3 Å². The molecule has 128 valence electrons. The van der Waals surface area contributed by atoms with Crippen LogP contribution in [0.25, 0.3) is 0 Å². The number of aliphatic hydroxyl groups is 1. The van der Waals surface area contributed by atoms with Crippen molar-refractivity contribution in [3.63, 3.8) is 0 Å². The molecule has 0 aromatic carbocycles. The number of hydrogen-bond acceptors (Lipinski definition) is 5. The first-order chi connectivity index (χ1) is 11.0. The number of carbonyl (C=O) groups excluding carboxylic acids is 3. The monoisotopic (exact) mass is 323 g/mol. The topological polar surface area (TPSA) is 92.7 Å². The predicted octanol–water partition coefficient (Wildman–Crippen LogP) is 1.12. The van der Waals surface area contributed by atoms with Crippen LogP contribution in [0.5, 0.6) is 0 Å². The summed E-state index contributed by atoms with van der Waals surface area (Å²) >= 11 is 0. The van der Waals surface area contributed by atoms with Gasteiger partial charge in [0, 0.05) is 30.4 Å². The lowest BCUT2D eigenvalue weighted by Crippen LogP contribution is -2.47. The van der Waals surface area contributed by atoms with Gasteiger partial charge in [0.25, 0.3) is 0 Å². The molecule has 2 rings (SSSR count). The average Bonchev–Trinajstić information content (AvgIpc) is 2.52. The fourth-order valence-corrected chi connectivity index (χ4v) is 3.44. The highest BCUT2D eigenvalue weighted by Crippen LogP contribution is 2.41. The lowest BCUT2D eigenvalue weighted by Gasteiger charge is -2.42. The number of unbranched alkanes of at least 4 members (excludes halogenated alkanes) is 1. The Morgan fingerprint density at radius 3 is 2.87 bits per heavy atom. The lowest BCUT2D eigenvalue weighted by molar-refractivity contribution is -0.159. The summed E-state index contributed by atoms with van der Waals surface area (Å²) in [6, 6.07) is 0. The van der Waals surface area contributed by atoms with Crippen LogP contribution in [0.15, 0.2) is 11.1 Å². The van der Waals surface area contributed by atoms with E-state index in [0.29, 0.717) is 31.4 Å². The molecule has 0 bridgehead atoms. The molecule has 1 aliphatic carbocycles. The molecule has 1 amide bonds. The van der Waals surface area contributed by atoms with Crippen molar-refractivity contribution in [2.24, 2.45) is 11.8 Å². The molecule has 0 aromatic rings. The zero-order valence-corrected chi connectivity index (χ0v) is 13.7. The Balaban J connectivity index is 2.02. The van der Waals surface area contributed by atoms with Crippen LogP contribution in [-0.4, -0.2) is 42.0 Å². The minimum Gasteiger partial charge on any atom is -0.458 e. The average molecular weight is 323 g/mol. The number of carbonyl (C=O) groups is 3. The summed E-state index contributed by atoms with van der Waals surface area (Å²) in [5, 5.41) is 12.7. The summed E-state index contributed by atoms with van der Waals surface area (Å²) in [5.41, 5.74) is 1.34. The van der Waals surface area contributed by atoms with E-state index < -0.39 is 12.1 Å². The van der Waals surface area contributed by atoms with E-state index in [4.69, 9.17) is 4.74 Å². The Labute approximate surface area is 136 Å². The first kappa shape index (κ1) is 17.7. The first-order valence-electron chi connectivity index (χ1n) is 8.24. The van der Waals surface area contributed by atoms with Crippen molar-refractivity contribution < 1.29 is 24.2 Å². The van der Waals surface area contributed by atoms with Gasteiger partial charge in [0.15, 0.2) is 0 Å². The number of rotatable bonds is 6. The molecule has 6 nitrogen and oxygen atoms in total. The molecule has 0 radical (unpaired) electrons. The summed E-state index contributed by atoms with van der Waals surface area (Å²) in [4.78, 5) is 34.4. The van der Waals surface area contributed by atoms with E-state index in [1.165, 1.54) is 0 Å². The molecule has 6 heteroatoms. The number of aldehydes is 1. The molecule has 1 fully saturated rings. The fraction of sp³-hybridized carbons (Fsp3) is 0.706. The van der Waals surface area contributed by atoms with Crippen LogP contribution in [0.2, 0.25) is 0 Å². The third kappa shape index (κ3) is 3.99. The number of hydrogen-bond donors (Lipinski definition) is 2. The molecule has 2 aliphatic rings. The molecule has 4 unspecified atom stereocenters. The number of fused-ring (bicyclic) bond motifs is 1. The van der Waals surface area contributed by atoms with Crippen molar-refractivity contribution >= 4 is 18.2 Å². The fourth-order valence-electron chi connectivity index (χ4n) is 3.44. The Hall–Kier alpha value is -1.69. The maximum absolute atomic E-state index is 12.2. The Morgan fingerprint density at radius 2 is 2.17 bits per heavy atom. The number of nitrogens with one attached hydrogen (secondary N) is 1. The molecular weight excluding hydrogens is 298 g/mol. The second-order valence-corrected chi connectivity index (χ2v) is 6.48. The Morgan fingerprint density at radius 1 is 1.43 bits per heavy atom. The van der Waals surface area contributed by atoms with E-state index in [1.807, 2.05) is 13.8 Å². The largest absolute Gasteiger partial charge is 0.458 e. The Bertz CT molecular complexity index is 513. The Kier molecular flexibility index (Phi) is 5.93. The zero-order chi connectivity index (χ0) is 17.0. The molecular formula is C17H25NO5. The van der Waals surface area contributed by atoms with Crippen molar-refractivity contribution in [3.05, 3.63) is 11.1 Å². The molecule has 0 aromatic heterocycles. The van der Waals surface area contributed by atoms with Gasteiger partial charge in [-0.15, -0.1) is 0 Å². The van der Waals surface area contributed by atoms with Gasteiger partial charge < -0.3 is 20.0 Å². The van der Waals surface area contributed by atoms with Gasteiger partial charge in [0.2, 0.25) is 5.91 Å². The summed E-state index contributed by atoms with van der Waals surface area (Å²) < 4.78 is 5.52. The summed E-state index contributed by atoms with van der Waals surface area (Å²) in [6.07, 6.45) is 2.53. The van der Waals surface area contributed by atoms with E-state index in [1.54, 1.807) is 0 Å². The second-order valence-electron chi connectivity index (χ2n) is 6.48. The van der Waals surface area contributed by atoms with Gasteiger partial charge in [-0.25, -0.2) is 4.79 Å². The lowest BCUT2D eigenvalue weighted by atomic mass is 9.72. The van der Waals surface area contributed by atoms with Crippen molar-refractivity contribution in [1.29, 1.82) is 0 Å². The highest BCUT2D eigenvalue weighted by Gasteiger charge is 2.44. The number of esters is 1. The van der Waals surface area contributed by atoms with Crippen LogP contribution in [0.4, 0.5) is 0 Å². The maximum Gasteiger partial charge on any atom is 0.334 e. The van der Waals surface area contributed by atoms with Crippen LogP contribution in [-0.2, 0) is 19.1 Å². The highest BCUT2D eigenvalue weighted by atomic mass is 16.5. The predicted molar refractivity (Wildman–Crippen MR) is 83.4 cm³/mol. The number of amides is 1. The third-order valence-electron chi connectivity index (χ3n) is 4.98. The van der Waals surface area contributed by atoms with E-state index in [2.05, 4.69) is 5.32 Å².